The van der Waals surface area contributed by atoms with Crippen molar-refractivity contribution in [2.45, 2.75) is 19.0 Å². The molecule has 0 bridgehead atoms. The zero-order chi connectivity index (χ0) is 10.7. The van der Waals surface area contributed by atoms with E-state index >= 15 is 0 Å². The lowest BCUT2D eigenvalue weighted by molar-refractivity contribution is 0.249. The second-order valence-corrected chi connectivity index (χ2v) is 4.56. The van der Waals surface area contributed by atoms with E-state index in [9.17, 15) is 0 Å². The summed E-state index contributed by atoms with van der Waals surface area (Å²) in [5, 5.41) is 4.25. The van der Waals surface area contributed by atoms with Gasteiger partial charge < -0.3 is 5.32 Å². The molecule has 3 heteroatoms. The van der Waals surface area contributed by atoms with Crippen molar-refractivity contribution in [3.8, 4) is 0 Å². The molecule has 1 unspecified atom stereocenters. The first-order chi connectivity index (χ1) is 7.27. The van der Waals surface area contributed by atoms with Crippen molar-refractivity contribution < 1.29 is 0 Å². The molecular weight excluding hydrogens is 208 g/mol. The van der Waals surface area contributed by atoms with Gasteiger partial charge in [0.2, 0.25) is 0 Å². The van der Waals surface area contributed by atoms with Crippen LogP contribution in [0.2, 0.25) is 5.02 Å². The minimum atomic E-state index is 0.654. The lowest BCUT2D eigenvalue weighted by Gasteiger charge is -2.23. The van der Waals surface area contributed by atoms with E-state index in [1.165, 1.54) is 12.0 Å². The number of benzene rings is 1. The Morgan fingerprint density at radius 1 is 1.47 bits per heavy atom. The van der Waals surface area contributed by atoms with Crippen molar-refractivity contribution in [1.29, 1.82) is 0 Å². The normalized spacial score (nSPS) is 21.1. The third-order valence-electron chi connectivity index (χ3n) is 3.04. The molecule has 1 atom stereocenters. The molecule has 0 amide bonds. The SMILES string of the molecule is CN(Cc1ccccc1Cl)C1CCNC1. The largest absolute Gasteiger partial charge is 0.315 e. The molecule has 1 fully saturated rings. The number of halogens is 1. The van der Waals surface area contributed by atoms with E-state index in [0.717, 1.165) is 24.7 Å². The lowest BCUT2D eigenvalue weighted by atomic mass is 10.1. The first-order valence-corrected chi connectivity index (χ1v) is 5.79. The van der Waals surface area contributed by atoms with Crippen LogP contribution in [0, 0.1) is 0 Å². The molecular formula is C12H17ClN2. The van der Waals surface area contributed by atoms with Crippen LogP contribution >= 0.6 is 11.6 Å². The van der Waals surface area contributed by atoms with Crippen molar-refractivity contribution in [2.24, 2.45) is 0 Å². The van der Waals surface area contributed by atoms with Crippen LogP contribution in [0.25, 0.3) is 0 Å². The summed E-state index contributed by atoms with van der Waals surface area (Å²) in [4.78, 5) is 2.38. The van der Waals surface area contributed by atoms with Gasteiger partial charge in [-0.25, -0.2) is 0 Å². The van der Waals surface area contributed by atoms with Crippen LogP contribution in [0.5, 0.6) is 0 Å². The summed E-state index contributed by atoms with van der Waals surface area (Å²) < 4.78 is 0. The van der Waals surface area contributed by atoms with Crippen molar-refractivity contribution in [2.75, 3.05) is 20.1 Å². The van der Waals surface area contributed by atoms with Gasteiger partial charge in [0.15, 0.2) is 0 Å². The van der Waals surface area contributed by atoms with Gasteiger partial charge in [0.1, 0.15) is 0 Å². The van der Waals surface area contributed by atoms with E-state index in [1.54, 1.807) is 0 Å². The van der Waals surface area contributed by atoms with Crippen LogP contribution in [0.15, 0.2) is 24.3 Å². The predicted octanol–water partition coefficient (Wildman–Crippen LogP) is 2.13. The van der Waals surface area contributed by atoms with Crippen LogP contribution in [0.1, 0.15) is 12.0 Å². The molecule has 1 saturated heterocycles. The summed E-state index contributed by atoms with van der Waals surface area (Å²) in [6.07, 6.45) is 1.24. The summed E-state index contributed by atoms with van der Waals surface area (Å²) in [7, 11) is 2.17. The lowest BCUT2D eigenvalue weighted by Crippen LogP contribution is -2.32. The van der Waals surface area contributed by atoms with Gasteiger partial charge in [-0.2, -0.15) is 0 Å². The molecule has 1 aromatic rings. The number of likely N-dealkylation sites (N-methyl/N-ethyl adjacent to an activating group) is 1. The Bertz CT molecular complexity index is 321. The highest BCUT2D eigenvalue weighted by Crippen LogP contribution is 2.18. The molecule has 0 aliphatic carbocycles. The number of hydrogen-bond donors (Lipinski definition) is 1. The molecule has 2 rings (SSSR count). The molecule has 1 aromatic carbocycles. The average Bonchev–Trinajstić information content (AvgIpc) is 2.74. The third-order valence-corrected chi connectivity index (χ3v) is 3.40. The van der Waals surface area contributed by atoms with Gasteiger partial charge >= 0.3 is 0 Å². The standard InChI is InChI=1S/C12H17ClN2/c1-15(11-6-7-14-8-11)9-10-4-2-3-5-12(10)13/h2-5,11,14H,6-9H2,1H3. The van der Waals surface area contributed by atoms with E-state index in [0.29, 0.717) is 6.04 Å². The molecule has 0 saturated carbocycles. The second-order valence-electron chi connectivity index (χ2n) is 4.15. The molecule has 0 radical (unpaired) electrons. The minimum absolute atomic E-state index is 0.654. The number of hydrogen-bond acceptors (Lipinski definition) is 2. The van der Waals surface area contributed by atoms with Crippen LogP contribution in [-0.4, -0.2) is 31.1 Å². The first-order valence-electron chi connectivity index (χ1n) is 5.42. The quantitative estimate of drug-likeness (QED) is 0.847. The summed E-state index contributed by atoms with van der Waals surface area (Å²) in [5.41, 5.74) is 1.22. The van der Waals surface area contributed by atoms with Gasteiger partial charge in [0.25, 0.3) is 0 Å². The van der Waals surface area contributed by atoms with Gasteiger partial charge in [0.05, 0.1) is 0 Å². The minimum Gasteiger partial charge on any atom is -0.315 e. The van der Waals surface area contributed by atoms with Gasteiger partial charge in [-0.3, -0.25) is 4.90 Å². The van der Waals surface area contributed by atoms with Crippen molar-refractivity contribution in [3.05, 3.63) is 34.9 Å². The number of nitrogens with one attached hydrogen (secondary N) is 1. The summed E-state index contributed by atoms with van der Waals surface area (Å²) in [5.74, 6) is 0. The van der Waals surface area contributed by atoms with E-state index in [-0.39, 0.29) is 0 Å². The highest BCUT2D eigenvalue weighted by molar-refractivity contribution is 6.31. The summed E-state index contributed by atoms with van der Waals surface area (Å²) in [6.45, 7) is 3.17. The number of nitrogens with zero attached hydrogens (tertiary/aromatic N) is 1. The topological polar surface area (TPSA) is 15.3 Å². The molecule has 82 valence electrons. The average molecular weight is 225 g/mol. The third kappa shape index (κ3) is 2.71. The van der Waals surface area contributed by atoms with E-state index in [4.69, 9.17) is 11.6 Å². The van der Waals surface area contributed by atoms with Crippen molar-refractivity contribution in [1.82, 2.24) is 10.2 Å². The van der Waals surface area contributed by atoms with E-state index in [2.05, 4.69) is 23.3 Å². The Balaban J connectivity index is 1.99. The van der Waals surface area contributed by atoms with Crippen LogP contribution < -0.4 is 5.32 Å². The Labute approximate surface area is 96.2 Å². The summed E-state index contributed by atoms with van der Waals surface area (Å²) in [6, 6.07) is 8.73. The molecule has 1 aliphatic heterocycles. The molecule has 0 aromatic heterocycles. The molecule has 0 spiro atoms. The van der Waals surface area contributed by atoms with Gasteiger partial charge in [-0.05, 0) is 31.6 Å². The zero-order valence-corrected chi connectivity index (χ0v) is 9.80. The fraction of sp³-hybridized carbons (Fsp3) is 0.500. The van der Waals surface area contributed by atoms with Crippen molar-refractivity contribution >= 4 is 11.6 Å². The molecule has 1 heterocycles. The van der Waals surface area contributed by atoms with Gasteiger partial charge in [-0.1, -0.05) is 29.8 Å². The van der Waals surface area contributed by atoms with E-state index < -0.39 is 0 Å². The highest BCUT2D eigenvalue weighted by Gasteiger charge is 2.19. The van der Waals surface area contributed by atoms with Crippen LogP contribution in [0.4, 0.5) is 0 Å². The first kappa shape index (κ1) is 10.9. The number of rotatable bonds is 3. The monoisotopic (exact) mass is 224 g/mol. The van der Waals surface area contributed by atoms with Crippen LogP contribution in [0.3, 0.4) is 0 Å². The fourth-order valence-corrected chi connectivity index (χ4v) is 2.24. The highest BCUT2D eigenvalue weighted by atomic mass is 35.5. The van der Waals surface area contributed by atoms with Crippen molar-refractivity contribution in [3.63, 3.8) is 0 Å². The maximum atomic E-state index is 6.13. The maximum Gasteiger partial charge on any atom is 0.0451 e. The van der Waals surface area contributed by atoms with Gasteiger partial charge in [0, 0.05) is 24.2 Å². The Kier molecular flexibility index (Phi) is 3.62. The smallest absolute Gasteiger partial charge is 0.0451 e. The molecule has 1 N–H and O–H groups in total. The zero-order valence-electron chi connectivity index (χ0n) is 9.04. The van der Waals surface area contributed by atoms with Crippen LogP contribution in [-0.2, 0) is 6.54 Å². The Morgan fingerprint density at radius 3 is 2.93 bits per heavy atom. The van der Waals surface area contributed by atoms with E-state index in [1.807, 2.05) is 18.2 Å². The predicted molar refractivity (Wildman–Crippen MR) is 64.2 cm³/mol. The summed E-state index contributed by atoms with van der Waals surface area (Å²) >= 11 is 6.13. The molecule has 15 heavy (non-hydrogen) atoms. The van der Waals surface area contributed by atoms with Gasteiger partial charge in [-0.15, -0.1) is 0 Å². The Morgan fingerprint density at radius 2 is 2.27 bits per heavy atom. The second kappa shape index (κ2) is 4.97. The molecule has 1 aliphatic rings. The fourth-order valence-electron chi connectivity index (χ4n) is 2.04. The Hall–Kier alpha value is -0.570. The maximum absolute atomic E-state index is 6.13. The molecule has 2 nitrogen and oxygen atoms in total.